The molecule has 0 fully saturated rings. The van der Waals surface area contributed by atoms with Crippen molar-refractivity contribution in [2.24, 2.45) is 7.05 Å². The van der Waals surface area contributed by atoms with E-state index in [2.05, 4.69) is 9.97 Å². The van der Waals surface area contributed by atoms with E-state index in [-0.39, 0.29) is 23.8 Å². The number of aryl methyl sites for hydroxylation is 1. The van der Waals surface area contributed by atoms with Crippen LogP contribution >= 0.6 is 11.6 Å². The molecule has 0 saturated heterocycles. The number of H-pyrrole nitrogens is 1. The summed E-state index contributed by atoms with van der Waals surface area (Å²) < 4.78 is 15.8. The summed E-state index contributed by atoms with van der Waals surface area (Å²) in [5, 5.41) is 0.978. The zero-order valence-electron chi connectivity index (χ0n) is 15.4. The topological polar surface area (TPSA) is 71.0 Å². The van der Waals surface area contributed by atoms with E-state index in [1.807, 2.05) is 0 Å². The number of para-hydroxylation sites is 1. The average Bonchev–Trinajstić information content (AvgIpc) is 3.12. The van der Waals surface area contributed by atoms with E-state index in [0.29, 0.717) is 21.7 Å². The van der Waals surface area contributed by atoms with E-state index >= 15 is 0 Å². The lowest BCUT2D eigenvalue weighted by Crippen LogP contribution is -2.33. The Kier molecular flexibility index (Phi) is 4.90. The van der Waals surface area contributed by atoms with Gasteiger partial charge in [0.15, 0.2) is 5.82 Å². The van der Waals surface area contributed by atoms with Crippen LogP contribution in [0.5, 0.6) is 0 Å². The molecule has 146 valence electrons. The highest BCUT2D eigenvalue weighted by molar-refractivity contribution is 6.31. The van der Waals surface area contributed by atoms with Crippen LogP contribution < -0.4 is 10.5 Å². The zero-order valence-corrected chi connectivity index (χ0v) is 16.2. The van der Waals surface area contributed by atoms with E-state index in [0.717, 1.165) is 0 Å². The van der Waals surface area contributed by atoms with Gasteiger partial charge in [0.2, 0.25) is 5.56 Å². The maximum Gasteiger partial charge on any atom is 0.294 e. The fourth-order valence-electron chi connectivity index (χ4n) is 3.23. The smallest absolute Gasteiger partial charge is 0.294 e. The fraction of sp³-hybridized carbons (Fsp3) is 0.0952. The molecular formula is C21H16ClFN4O2. The van der Waals surface area contributed by atoms with Crippen molar-refractivity contribution in [2.75, 3.05) is 4.90 Å². The molecule has 0 aliphatic heterocycles. The standard InChI is InChI=1S/C21H16ClFN4O2/c1-26-9-8-24-20(26)21(29)27(15-5-2-4-14(22)11-15)12-13-10-18(28)25-19-16(13)6-3-7-17(19)23/h2-11H,12H2,1H3,(H,25,28). The Balaban J connectivity index is 1.86. The monoisotopic (exact) mass is 410 g/mol. The molecule has 0 saturated carbocycles. The molecule has 0 radical (unpaired) electrons. The molecule has 0 aliphatic carbocycles. The summed E-state index contributed by atoms with van der Waals surface area (Å²) in [7, 11) is 1.72. The molecular weight excluding hydrogens is 395 g/mol. The predicted molar refractivity (Wildman–Crippen MR) is 110 cm³/mol. The lowest BCUT2D eigenvalue weighted by Gasteiger charge is -2.23. The molecule has 2 aromatic carbocycles. The summed E-state index contributed by atoms with van der Waals surface area (Å²) in [5.74, 6) is -0.680. The molecule has 8 heteroatoms. The molecule has 2 aromatic heterocycles. The van der Waals surface area contributed by atoms with Crippen LogP contribution in [-0.2, 0) is 13.6 Å². The molecule has 4 rings (SSSR count). The second-order valence-corrected chi connectivity index (χ2v) is 6.99. The number of hydrogen-bond donors (Lipinski definition) is 1. The van der Waals surface area contributed by atoms with Crippen molar-refractivity contribution in [1.29, 1.82) is 0 Å². The quantitative estimate of drug-likeness (QED) is 0.554. The minimum Gasteiger partial charge on any atom is -0.330 e. The van der Waals surface area contributed by atoms with Gasteiger partial charge in [0, 0.05) is 41.6 Å². The third-order valence-electron chi connectivity index (χ3n) is 4.62. The lowest BCUT2D eigenvalue weighted by molar-refractivity contribution is 0.0972. The Morgan fingerprint density at radius 2 is 2.03 bits per heavy atom. The van der Waals surface area contributed by atoms with Crippen LogP contribution in [-0.4, -0.2) is 20.4 Å². The minimum absolute atomic E-state index is 0.0376. The van der Waals surface area contributed by atoms with Crippen molar-refractivity contribution in [3.63, 3.8) is 0 Å². The highest BCUT2D eigenvalue weighted by Gasteiger charge is 2.23. The Hall–Kier alpha value is -3.45. The third-order valence-corrected chi connectivity index (χ3v) is 4.85. The van der Waals surface area contributed by atoms with Gasteiger partial charge in [-0.1, -0.05) is 29.8 Å². The molecule has 1 N–H and O–H groups in total. The summed E-state index contributed by atoms with van der Waals surface area (Å²) in [6, 6.07) is 12.7. The SMILES string of the molecule is Cn1ccnc1C(=O)N(Cc1cc(=O)[nH]c2c(F)cccc12)c1cccc(Cl)c1. The fourth-order valence-corrected chi connectivity index (χ4v) is 3.42. The van der Waals surface area contributed by atoms with Crippen molar-refractivity contribution in [3.05, 3.63) is 93.5 Å². The van der Waals surface area contributed by atoms with Gasteiger partial charge in [0.1, 0.15) is 5.82 Å². The lowest BCUT2D eigenvalue weighted by atomic mass is 10.1. The molecule has 0 aliphatic rings. The molecule has 0 unspecified atom stereocenters. The van der Waals surface area contributed by atoms with Gasteiger partial charge in [-0.3, -0.25) is 9.59 Å². The summed E-state index contributed by atoms with van der Waals surface area (Å²) in [6.45, 7) is 0.0376. The highest BCUT2D eigenvalue weighted by atomic mass is 35.5. The number of hydrogen-bond acceptors (Lipinski definition) is 3. The Labute approximate surface area is 170 Å². The van der Waals surface area contributed by atoms with Gasteiger partial charge in [-0.05, 0) is 29.8 Å². The first-order chi connectivity index (χ1) is 13.9. The number of aromatic nitrogens is 3. The number of nitrogens with zero attached hydrogens (tertiary/aromatic N) is 3. The molecule has 4 aromatic rings. The van der Waals surface area contributed by atoms with Gasteiger partial charge >= 0.3 is 0 Å². The van der Waals surface area contributed by atoms with E-state index in [1.165, 1.54) is 23.2 Å². The number of fused-ring (bicyclic) bond motifs is 1. The van der Waals surface area contributed by atoms with Crippen LogP contribution in [0.2, 0.25) is 5.02 Å². The zero-order chi connectivity index (χ0) is 20.5. The third kappa shape index (κ3) is 3.64. The summed E-state index contributed by atoms with van der Waals surface area (Å²) in [6.07, 6.45) is 3.20. The van der Waals surface area contributed by atoms with Crippen LogP contribution in [0.15, 0.2) is 65.7 Å². The van der Waals surface area contributed by atoms with Crippen LogP contribution in [0, 0.1) is 5.82 Å². The second kappa shape index (κ2) is 7.52. The first-order valence-corrected chi connectivity index (χ1v) is 9.17. The van der Waals surface area contributed by atoms with Crippen LogP contribution in [0.4, 0.5) is 10.1 Å². The van der Waals surface area contributed by atoms with E-state index < -0.39 is 11.4 Å². The summed E-state index contributed by atoms with van der Waals surface area (Å²) in [5.41, 5.74) is 0.694. The largest absolute Gasteiger partial charge is 0.330 e. The molecule has 29 heavy (non-hydrogen) atoms. The maximum atomic E-state index is 14.2. The Morgan fingerprint density at radius 1 is 1.24 bits per heavy atom. The number of anilines is 1. The number of aromatic amines is 1. The van der Waals surface area contributed by atoms with Gasteiger partial charge in [-0.15, -0.1) is 0 Å². The number of halogens is 2. The number of amides is 1. The van der Waals surface area contributed by atoms with Crippen LogP contribution in [0.25, 0.3) is 10.9 Å². The number of rotatable bonds is 4. The number of carbonyl (C=O) groups excluding carboxylic acids is 1. The Morgan fingerprint density at radius 3 is 2.76 bits per heavy atom. The molecule has 0 bridgehead atoms. The van der Waals surface area contributed by atoms with Gasteiger partial charge in [0.25, 0.3) is 5.91 Å². The highest BCUT2D eigenvalue weighted by Crippen LogP contribution is 2.26. The van der Waals surface area contributed by atoms with Crippen molar-refractivity contribution in [2.45, 2.75) is 6.54 Å². The van der Waals surface area contributed by atoms with Gasteiger partial charge < -0.3 is 14.5 Å². The normalized spacial score (nSPS) is 11.0. The molecule has 0 spiro atoms. The molecule has 0 atom stereocenters. The minimum atomic E-state index is -0.536. The van der Waals surface area contributed by atoms with Gasteiger partial charge in [-0.25, -0.2) is 9.37 Å². The van der Waals surface area contributed by atoms with Crippen molar-refractivity contribution in [3.8, 4) is 0 Å². The van der Waals surface area contributed by atoms with E-state index in [9.17, 15) is 14.0 Å². The number of imidazole rings is 1. The summed E-state index contributed by atoms with van der Waals surface area (Å²) >= 11 is 6.13. The van der Waals surface area contributed by atoms with Crippen molar-refractivity contribution in [1.82, 2.24) is 14.5 Å². The van der Waals surface area contributed by atoms with E-state index in [4.69, 9.17) is 11.6 Å². The Bertz CT molecular complexity index is 1280. The van der Waals surface area contributed by atoms with Crippen molar-refractivity contribution >= 4 is 34.1 Å². The maximum absolute atomic E-state index is 14.2. The summed E-state index contributed by atoms with van der Waals surface area (Å²) in [4.78, 5) is 33.5. The van der Waals surface area contributed by atoms with Crippen LogP contribution in [0.3, 0.4) is 0 Å². The first kappa shape index (κ1) is 18.9. The van der Waals surface area contributed by atoms with Gasteiger partial charge in [0.05, 0.1) is 12.1 Å². The number of benzene rings is 2. The molecule has 2 heterocycles. The molecule has 6 nitrogen and oxygen atoms in total. The number of carbonyl (C=O) groups is 1. The number of nitrogens with one attached hydrogen (secondary N) is 1. The predicted octanol–water partition coefficient (Wildman–Crippen LogP) is 3.90. The average molecular weight is 411 g/mol. The van der Waals surface area contributed by atoms with E-state index in [1.54, 1.807) is 54.2 Å². The van der Waals surface area contributed by atoms with Crippen LogP contribution in [0.1, 0.15) is 16.2 Å². The number of pyridine rings is 1. The van der Waals surface area contributed by atoms with Gasteiger partial charge in [-0.2, -0.15) is 0 Å². The second-order valence-electron chi connectivity index (χ2n) is 6.55. The van der Waals surface area contributed by atoms with Crippen molar-refractivity contribution < 1.29 is 9.18 Å². The first-order valence-electron chi connectivity index (χ1n) is 8.79. The molecule has 1 amide bonds.